The highest BCUT2D eigenvalue weighted by molar-refractivity contribution is 7.89. The molecule has 0 aliphatic carbocycles. The maximum absolute atomic E-state index is 12.7. The number of nitrogens with one attached hydrogen (secondary N) is 1. The summed E-state index contributed by atoms with van der Waals surface area (Å²) >= 11 is 0. The topological polar surface area (TPSA) is 58.6 Å². The van der Waals surface area contributed by atoms with Crippen molar-refractivity contribution in [1.29, 1.82) is 0 Å². The minimum atomic E-state index is -3.41. The lowest BCUT2D eigenvalue weighted by molar-refractivity contribution is 0.240. The number of benzene rings is 1. The zero-order chi connectivity index (χ0) is 16.3. The van der Waals surface area contributed by atoms with Gasteiger partial charge in [0.25, 0.3) is 0 Å². The van der Waals surface area contributed by atoms with Gasteiger partial charge in [0, 0.05) is 19.1 Å². The molecule has 1 aliphatic rings. The van der Waals surface area contributed by atoms with E-state index < -0.39 is 10.0 Å². The minimum Gasteiger partial charge on any atom is -0.491 e. The van der Waals surface area contributed by atoms with Crippen molar-refractivity contribution in [2.45, 2.75) is 50.7 Å². The second kappa shape index (κ2) is 6.98. The third kappa shape index (κ3) is 3.80. The lowest BCUT2D eigenvalue weighted by Crippen LogP contribution is -2.43. The van der Waals surface area contributed by atoms with E-state index >= 15 is 0 Å². The van der Waals surface area contributed by atoms with Crippen LogP contribution in [0.25, 0.3) is 0 Å². The highest BCUT2D eigenvalue weighted by Crippen LogP contribution is 2.26. The van der Waals surface area contributed by atoms with Gasteiger partial charge >= 0.3 is 0 Å². The van der Waals surface area contributed by atoms with E-state index in [1.807, 2.05) is 27.8 Å². The summed E-state index contributed by atoms with van der Waals surface area (Å²) in [5.74, 6) is 0.739. The molecule has 1 aliphatic heterocycles. The van der Waals surface area contributed by atoms with Gasteiger partial charge in [-0.2, -0.15) is 4.31 Å². The van der Waals surface area contributed by atoms with E-state index in [2.05, 4.69) is 5.32 Å². The molecular formula is C16H26N2O3S. The van der Waals surface area contributed by atoms with E-state index in [-0.39, 0.29) is 6.10 Å². The van der Waals surface area contributed by atoms with Gasteiger partial charge in [-0.05, 0) is 64.4 Å². The van der Waals surface area contributed by atoms with Crippen LogP contribution < -0.4 is 10.1 Å². The zero-order valence-corrected chi connectivity index (χ0v) is 14.6. The zero-order valence-electron chi connectivity index (χ0n) is 13.8. The summed E-state index contributed by atoms with van der Waals surface area (Å²) in [6.07, 6.45) is 1.77. The Hall–Kier alpha value is -1.11. The van der Waals surface area contributed by atoms with E-state index in [0.717, 1.165) is 24.2 Å². The normalized spacial score (nSPS) is 17.9. The minimum absolute atomic E-state index is 0.0710. The predicted octanol–water partition coefficient (Wildman–Crippen LogP) is 2.15. The molecule has 0 unspecified atom stereocenters. The lowest BCUT2D eigenvalue weighted by Gasteiger charge is -2.31. The van der Waals surface area contributed by atoms with Crippen LogP contribution in [0.5, 0.6) is 5.75 Å². The molecule has 6 heteroatoms. The number of hydrogen-bond donors (Lipinski definition) is 1. The molecule has 1 aromatic rings. The first-order chi connectivity index (χ1) is 10.3. The summed E-state index contributed by atoms with van der Waals surface area (Å²) in [5.41, 5.74) is 0.847. The maximum atomic E-state index is 12.7. The highest BCUT2D eigenvalue weighted by atomic mass is 32.2. The van der Waals surface area contributed by atoms with Crippen LogP contribution in [0.15, 0.2) is 23.1 Å². The first-order valence-corrected chi connectivity index (χ1v) is 9.23. The Labute approximate surface area is 133 Å². The number of aryl methyl sites for hydroxylation is 1. The molecule has 0 spiro atoms. The monoisotopic (exact) mass is 326 g/mol. The average molecular weight is 326 g/mol. The summed E-state index contributed by atoms with van der Waals surface area (Å²) in [4.78, 5) is 0.351. The third-order valence-electron chi connectivity index (χ3n) is 4.01. The van der Waals surface area contributed by atoms with Gasteiger partial charge in [0.15, 0.2) is 0 Å². The van der Waals surface area contributed by atoms with E-state index in [4.69, 9.17) is 4.74 Å². The molecular weight excluding hydrogens is 300 g/mol. The van der Waals surface area contributed by atoms with Gasteiger partial charge in [-0.1, -0.05) is 0 Å². The standard InChI is InChI=1S/C16H26N2O3S/c1-12(2)21-16-6-5-15(11-13(16)3)22(19,20)18-9-7-14(17-4)8-10-18/h5-6,11-12,14,17H,7-10H2,1-4H3. The Morgan fingerprint density at radius 1 is 1.27 bits per heavy atom. The number of sulfonamides is 1. The van der Waals surface area contributed by atoms with Crippen LogP contribution in [0.2, 0.25) is 0 Å². The second-order valence-corrected chi connectivity index (χ2v) is 8.00. The molecule has 1 N–H and O–H groups in total. The van der Waals surface area contributed by atoms with Crippen molar-refractivity contribution in [2.75, 3.05) is 20.1 Å². The molecule has 22 heavy (non-hydrogen) atoms. The second-order valence-electron chi connectivity index (χ2n) is 6.06. The van der Waals surface area contributed by atoms with Crippen LogP contribution in [0.3, 0.4) is 0 Å². The van der Waals surface area contributed by atoms with Crippen molar-refractivity contribution in [1.82, 2.24) is 9.62 Å². The number of nitrogens with zero attached hydrogens (tertiary/aromatic N) is 1. The van der Waals surface area contributed by atoms with Gasteiger partial charge in [-0.15, -0.1) is 0 Å². The van der Waals surface area contributed by atoms with Crippen LogP contribution in [0.1, 0.15) is 32.3 Å². The van der Waals surface area contributed by atoms with Gasteiger partial charge in [0.05, 0.1) is 11.0 Å². The van der Waals surface area contributed by atoms with Crippen LogP contribution in [0, 0.1) is 6.92 Å². The number of piperidine rings is 1. The predicted molar refractivity (Wildman–Crippen MR) is 87.8 cm³/mol. The molecule has 124 valence electrons. The molecule has 1 aromatic carbocycles. The first kappa shape index (κ1) is 17.2. The molecule has 5 nitrogen and oxygen atoms in total. The summed E-state index contributed by atoms with van der Waals surface area (Å²) in [6, 6.07) is 5.51. The molecule has 0 atom stereocenters. The third-order valence-corrected chi connectivity index (χ3v) is 5.90. The Kier molecular flexibility index (Phi) is 5.47. The number of ether oxygens (including phenoxy) is 1. The van der Waals surface area contributed by atoms with Crippen LogP contribution in [-0.4, -0.2) is 45.0 Å². The van der Waals surface area contributed by atoms with Crippen molar-refractivity contribution < 1.29 is 13.2 Å². The molecule has 1 heterocycles. The molecule has 1 saturated heterocycles. The number of rotatable bonds is 5. The fourth-order valence-electron chi connectivity index (χ4n) is 2.70. The Bertz CT molecular complexity index is 606. The van der Waals surface area contributed by atoms with Gasteiger partial charge in [0.2, 0.25) is 10.0 Å². The lowest BCUT2D eigenvalue weighted by atomic mass is 10.1. The van der Waals surface area contributed by atoms with Gasteiger partial charge in [-0.3, -0.25) is 0 Å². The van der Waals surface area contributed by atoms with Crippen molar-refractivity contribution in [3.05, 3.63) is 23.8 Å². The summed E-state index contributed by atoms with van der Waals surface area (Å²) in [7, 11) is -1.49. The molecule has 0 saturated carbocycles. The molecule has 0 aromatic heterocycles. The van der Waals surface area contributed by atoms with Gasteiger partial charge in [-0.25, -0.2) is 8.42 Å². The van der Waals surface area contributed by atoms with Crippen LogP contribution in [0.4, 0.5) is 0 Å². The Morgan fingerprint density at radius 2 is 1.91 bits per heavy atom. The van der Waals surface area contributed by atoms with Gasteiger partial charge in [0.1, 0.15) is 5.75 Å². The van der Waals surface area contributed by atoms with Crippen LogP contribution in [-0.2, 0) is 10.0 Å². The fourth-order valence-corrected chi connectivity index (χ4v) is 4.26. The SMILES string of the molecule is CNC1CCN(S(=O)(=O)c2ccc(OC(C)C)c(C)c2)CC1. The van der Waals surface area contributed by atoms with E-state index in [1.165, 1.54) is 0 Å². The van der Waals surface area contributed by atoms with Crippen molar-refractivity contribution in [2.24, 2.45) is 0 Å². The van der Waals surface area contributed by atoms with E-state index in [0.29, 0.717) is 24.0 Å². The molecule has 0 amide bonds. The van der Waals surface area contributed by atoms with Crippen molar-refractivity contribution >= 4 is 10.0 Å². The Morgan fingerprint density at radius 3 is 2.41 bits per heavy atom. The summed E-state index contributed by atoms with van der Waals surface area (Å²) < 4.78 is 32.7. The molecule has 0 radical (unpaired) electrons. The average Bonchev–Trinajstić information content (AvgIpc) is 2.49. The van der Waals surface area contributed by atoms with Gasteiger partial charge < -0.3 is 10.1 Å². The van der Waals surface area contributed by atoms with Crippen molar-refractivity contribution in [3.8, 4) is 5.75 Å². The summed E-state index contributed by atoms with van der Waals surface area (Å²) in [6.45, 7) is 6.92. The smallest absolute Gasteiger partial charge is 0.243 e. The van der Waals surface area contributed by atoms with Crippen molar-refractivity contribution in [3.63, 3.8) is 0 Å². The molecule has 1 fully saturated rings. The Balaban J connectivity index is 2.18. The van der Waals surface area contributed by atoms with E-state index in [1.54, 1.807) is 22.5 Å². The largest absolute Gasteiger partial charge is 0.491 e. The van der Waals surface area contributed by atoms with Crippen LogP contribution >= 0.6 is 0 Å². The molecule has 2 rings (SSSR count). The first-order valence-electron chi connectivity index (χ1n) is 7.79. The fraction of sp³-hybridized carbons (Fsp3) is 0.625. The summed E-state index contributed by atoms with van der Waals surface area (Å²) in [5, 5.41) is 3.21. The quantitative estimate of drug-likeness (QED) is 0.901. The molecule has 0 bridgehead atoms. The van der Waals surface area contributed by atoms with E-state index in [9.17, 15) is 8.42 Å². The maximum Gasteiger partial charge on any atom is 0.243 e. The number of hydrogen-bond acceptors (Lipinski definition) is 4. The highest BCUT2D eigenvalue weighted by Gasteiger charge is 2.29.